The first-order valence-electron chi connectivity index (χ1n) is 5.99. The lowest BCUT2D eigenvalue weighted by molar-refractivity contribution is 0.620. The Kier molecular flexibility index (Phi) is 3.30. The Morgan fingerprint density at radius 2 is 2.29 bits per heavy atom. The molecule has 1 fully saturated rings. The van der Waals surface area contributed by atoms with E-state index in [0.29, 0.717) is 23.8 Å². The van der Waals surface area contributed by atoms with Crippen molar-refractivity contribution in [1.29, 1.82) is 5.26 Å². The molecule has 1 heterocycles. The van der Waals surface area contributed by atoms with Crippen LogP contribution in [0.2, 0.25) is 0 Å². The monoisotopic (exact) mass is 230 g/mol. The summed E-state index contributed by atoms with van der Waals surface area (Å²) in [6.07, 6.45) is 2.46. The van der Waals surface area contributed by atoms with Crippen LogP contribution in [0.5, 0.6) is 0 Å². The smallest absolute Gasteiger partial charge is 0.144 e. The van der Waals surface area contributed by atoms with Crippen LogP contribution in [-0.2, 0) is 0 Å². The van der Waals surface area contributed by atoms with Crippen molar-refractivity contribution in [2.24, 2.45) is 11.7 Å². The molecule has 0 aliphatic heterocycles. The lowest BCUT2D eigenvalue weighted by Crippen LogP contribution is -2.31. The summed E-state index contributed by atoms with van der Waals surface area (Å²) in [4.78, 5) is 4.37. The van der Waals surface area contributed by atoms with E-state index in [-0.39, 0.29) is 6.04 Å². The number of anilines is 1. The third-order valence-corrected chi connectivity index (χ3v) is 3.19. The van der Waals surface area contributed by atoms with Crippen molar-refractivity contribution in [2.45, 2.75) is 32.7 Å². The number of nitrogens with one attached hydrogen (secondary N) is 1. The number of pyridine rings is 1. The van der Waals surface area contributed by atoms with E-state index in [0.717, 1.165) is 11.3 Å². The number of hydrogen-bond donors (Lipinski definition) is 2. The summed E-state index contributed by atoms with van der Waals surface area (Å²) in [7, 11) is 0. The average Bonchev–Trinajstić information content (AvgIpc) is 3.08. The van der Waals surface area contributed by atoms with Crippen molar-refractivity contribution < 1.29 is 0 Å². The Morgan fingerprint density at radius 1 is 1.59 bits per heavy atom. The van der Waals surface area contributed by atoms with Gasteiger partial charge in [-0.05, 0) is 44.2 Å². The van der Waals surface area contributed by atoms with Gasteiger partial charge in [-0.3, -0.25) is 0 Å². The molecule has 1 saturated carbocycles. The maximum atomic E-state index is 9.12. The quantitative estimate of drug-likeness (QED) is 0.825. The summed E-state index contributed by atoms with van der Waals surface area (Å²) >= 11 is 0. The minimum Gasteiger partial charge on any atom is -0.367 e. The lowest BCUT2D eigenvalue weighted by atomic mass is 10.1. The summed E-state index contributed by atoms with van der Waals surface area (Å²) in [6, 6.07) is 4.29. The Morgan fingerprint density at radius 3 is 2.88 bits per heavy atom. The zero-order chi connectivity index (χ0) is 12.4. The molecule has 2 rings (SSSR count). The zero-order valence-electron chi connectivity index (χ0n) is 10.3. The molecule has 1 aromatic heterocycles. The van der Waals surface area contributed by atoms with Crippen LogP contribution in [0.3, 0.4) is 0 Å². The largest absolute Gasteiger partial charge is 0.367 e. The molecule has 0 spiro atoms. The molecule has 0 aromatic carbocycles. The molecular weight excluding hydrogens is 212 g/mol. The molecule has 0 amide bonds. The van der Waals surface area contributed by atoms with E-state index in [1.807, 2.05) is 19.9 Å². The van der Waals surface area contributed by atoms with Gasteiger partial charge in [0.25, 0.3) is 0 Å². The van der Waals surface area contributed by atoms with Crippen molar-refractivity contribution in [2.75, 3.05) is 11.9 Å². The normalized spacial score (nSPS) is 16.4. The first-order chi connectivity index (χ1) is 8.11. The topological polar surface area (TPSA) is 74.7 Å². The second-order valence-electron chi connectivity index (χ2n) is 4.80. The summed E-state index contributed by atoms with van der Waals surface area (Å²) in [5.74, 6) is 1.32. The highest BCUT2D eigenvalue weighted by Gasteiger charge is 2.28. The van der Waals surface area contributed by atoms with Crippen LogP contribution >= 0.6 is 0 Å². The Labute approximate surface area is 102 Å². The second kappa shape index (κ2) is 4.72. The molecule has 4 nitrogen and oxygen atoms in total. The minimum atomic E-state index is 0.171. The number of rotatable bonds is 4. The highest BCUT2D eigenvalue weighted by molar-refractivity contribution is 5.56. The molecule has 4 heteroatoms. The number of aromatic nitrogens is 1. The third kappa shape index (κ3) is 2.75. The average molecular weight is 230 g/mol. The van der Waals surface area contributed by atoms with Gasteiger partial charge >= 0.3 is 0 Å². The molecule has 1 unspecified atom stereocenters. The van der Waals surface area contributed by atoms with Crippen molar-refractivity contribution in [3.05, 3.63) is 22.9 Å². The Hall–Kier alpha value is -1.60. The minimum absolute atomic E-state index is 0.171. The number of nitrogens with zero attached hydrogens (tertiary/aromatic N) is 2. The van der Waals surface area contributed by atoms with Crippen molar-refractivity contribution in [1.82, 2.24) is 4.98 Å². The van der Waals surface area contributed by atoms with Crippen LogP contribution in [0.15, 0.2) is 6.07 Å². The van der Waals surface area contributed by atoms with Gasteiger partial charge in [0.1, 0.15) is 11.9 Å². The van der Waals surface area contributed by atoms with Gasteiger partial charge in [-0.1, -0.05) is 0 Å². The zero-order valence-corrected chi connectivity index (χ0v) is 10.3. The van der Waals surface area contributed by atoms with Crippen molar-refractivity contribution in [3.8, 4) is 6.07 Å². The summed E-state index contributed by atoms with van der Waals surface area (Å²) in [6.45, 7) is 4.55. The summed E-state index contributed by atoms with van der Waals surface area (Å²) in [5, 5.41) is 12.3. The second-order valence-corrected chi connectivity index (χ2v) is 4.80. The molecule has 1 atom stereocenters. The number of nitriles is 1. The van der Waals surface area contributed by atoms with Crippen LogP contribution in [0.4, 0.5) is 5.82 Å². The van der Waals surface area contributed by atoms with E-state index in [4.69, 9.17) is 11.0 Å². The van der Waals surface area contributed by atoms with Gasteiger partial charge in [-0.15, -0.1) is 0 Å². The van der Waals surface area contributed by atoms with E-state index < -0.39 is 0 Å². The van der Waals surface area contributed by atoms with Gasteiger partial charge in [0.15, 0.2) is 0 Å². The molecule has 90 valence electrons. The first kappa shape index (κ1) is 11.9. The van der Waals surface area contributed by atoms with E-state index >= 15 is 0 Å². The molecule has 0 radical (unpaired) electrons. The van der Waals surface area contributed by atoms with Gasteiger partial charge in [0.05, 0.1) is 5.56 Å². The summed E-state index contributed by atoms with van der Waals surface area (Å²) < 4.78 is 0. The molecule has 1 aliphatic rings. The first-order valence-corrected chi connectivity index (χ1v) is 5.99. The molecular formula is C13H18N4. The predicted molar refractivity (Wildman–Crippen MR) is 67.6 cm³/mol. The maximum Gasteiger partial charge on any atom is 0.144 e. The fraction of sp³-hybridized carbons (Fsp3) is 0.538. The predicted octanol–water partition coefficient (Wildman–Crippen LogP) is 1.72. The number of aryl methyl sites for hydroxylation is 2. The molecule has 0 saturated heterocycles. The Balaban J connectivity index is 2.11. The van der Waals surface area contributed by atoms with E-state index in [1.165, 1.54) is 12.8 Å². The van der Waals surface area contributed by atoms with Crippen molar-refractivity contribution >= 4 is 5.82 Å². The van der Waals surface area contributed by atoms with Gasteiger partial charge in [0.2, 0.25) is 0 Å². The van der Waals surface area contributed by atoms with Gasteiger partial charge in [0, 0.05) is 18.3 Å². The van der Waals surface area contributed by atoms with E-state index in [1.54, 1.807) is 0 Å². The molecule has 17 heavy (non-hydrogen) atoms. The van der Waals surface area contributed by atoms with Crippen LogP contribution in [-0.4, -0.2) is 17.6 Å². The fourth-order valence-electron chi connectivity index (χ4n) is 2.01. The number of hydrogen-bond acceptors (Lipinski definition) is 4. The van der Waals surface area contributed by atoms with Crippen LogP contribution < -0.4 is 11.1 Å². The van der Waals surface area contributed by atoms with Crippen LogP contribution in [0.1, 0.15) is 29.7 Å². The van der Waals surface area contributed by atoms with Crippen LogP contribution in [0, 0.1) is 31.1 Å². The molecule has 1 aromatic rings. The Bertz CT molecular complexity index is 457. The fourth-order valence-corrected chi connectivity index (χ4v) is 2.01. The molecule has 3 N–H and O–H groups in total. The van der Waals surface area contributed by atoms with Gasteiger partial charge in [-0.25, -0.2) is 4.98 Å². The standard InChI is InChI=1S/C13H18N4/c1-8-5-9(2)17-13(11(8)6-14)16-7-12(15)10-3-4-10/h5,10,12H,3-4,7,15H2,1-2H3,(H,16,17). The lowest BCUT2D eigenvalue weighted by Gasteiger charge is -2.14. The molecule has 0 bridgehead atoms. The SMILES string of the molecule is Cc1cc(C)c(C#N)c(NCC(N)C2CC2)n1. The van der Waals surface area contributed by atoms with Gasteiger partial charge < -0.3 is 11.1 Å². The third-order valence-electron chi connectivity index (χ3n) is 3.19. The molecule has 1 aliphatic carbocycles. The maximum absolute atomic E-state index is 9.12. The van der Waals surface area contributed by atoms with Crippen molar-refractivity contribution in [3.63, 3.8) is 0 Å². The van der Waals surface area contributed by atoms with E-state index in [9.17, 15) is 0 Å². The van der Waals surface area contributed by atoms with Gasteiger partial charge in [-0.2, -0.15) is 5.26 Å². The number of nitrogens with two attached hydrogens (primary N) is 1. The van der Waals surface area contributed by atoms with E-state index in [2.05, 4.69) is 16.4 Å². The summed E-state index contributed by atoms with van der Waals surface area (Å²) in [5.41, 5.74) is 8.53. The highest BCUT2D eigenvalue weighted by Crippen LogP contribution is 2.31. The highest BCUT2D eigenvalue weighted by atomic mass is 15.0. The van der Waals surface area contributed by atoms with Crippen LogP contribution in [0.25, 0.3) is 0 Å².